The second kappa shape index (κ2) is 9.61. The Bertz CT molecular complexity index is 395. The third-order valence-electron chi connectivity index (χ3n) is 2.72. The van der Waals surface area contributed by atoms with Crippen LogP contribution in [0, 0.1) is 0 Å². The van der Waals surface area contributed by atoms with Gasteiger partial charge in [0.1, 0.15) is 5.75 Å². The first-order valence-corrected chi connectivity index (χ1v) is 7.32. The summed E-state index contributed by atoms with van der Waals surface area (Å²) in [4.78, 5) is 12.0. The van der Waals surface area contributed by atoms with Crippen molar-refractivity contribution in [2.45, 2.75) is 32.8 Å². The number of hydrogen-bond donors (Lipinski definition) is 1. The van der Waals surface area contributed by atoms with E-state index >= 15 is 0 Å². The average Bonchev–Trinajstić information content (AvgIpc) is 2.46. The summed E-state index contributed by atoms with van der Waals surface area (Å²) in [6.07, 6.45) is 0.930. The molecule has 20 heavy (non-hydrogen) atoms. The van der Waals surface area contributed by atoms with Crippen LogP contribution in [0.15, 0.2) is 24.3 Å². The lowest BCUT2D eigenvalue weighted by Crippen LogP contribution is -2.38. The Morgan fingerprint density at radius 1 is 1.30 bits per heavy atom. The van der Waals surface area contributed by atoms with Crippen LogP contribution in [0.1, 0.15) is 26.7 Å². The lowest BCUT2D eigenvalue weighted by molar-refractivity contribution is -0.128. The van der Waals surface area contributed by atoms with Gasteiger partial charge in [-0.25, -0.2) is 0 Å². The Labute approximate surface area is 125 Å². The van der Waals surface area contributed by atoms with Gasteiger partial charge in [0.05, 0.1) is 0 Å². The summed E-state index contributed by atoms with van der Waals surface area (Å²) in [6, 6.07) is 6.99. The summed E-state index contributed by atoms with van der Waals surface area (Å²) in [5.41, 5.74) is 0. The Balaban J connectivity index is 2.37. The smallest absolute Gasteiger partial charge is 0.261 e. The molecule has 0 saturated heterocycles. The summed E-state index contributed by atoms with van der Waals surface area (Å²) >= 11 is 5.81. The second-order valence-electron chi connectivity index (χ2n) is 4.31. The van der Waals surface area contributed by atoms with Gasteiger partial charge < -0.3 is 14.8 Å². The molecule has 1 amide bonds. The second-order valence-corrected chi connectivity index (χ2v) is 4.75. The average molecular weight is 300 g/mol. The summed E-state index contributed by atoms with van der Waals surface area (Å²) in [6.45, 7) is 5.82. The molecule has 1 rings (SSSR count). The first-order valence-electron chi connectivity index (χ1n) is 6.95. The Morgan fingerprint density at radius 3 is 2.60 bits per heavy atom. The molecule has 112 valence electrons. The van der Waals surface area contributed by atoms with Gasteiger partial charge in [0.25, 0.3) is 5.91 Å². The van der Waals surface area contributed by atoms with Gasteiger partial charge in [0.2, 0.25) is 0 Å². The number of hydrogen-bond acceptors (Lipinski definition) is 3. The van der Waals surface area contributed by atoms with Crippen molar-refractivity contribution in [3.05, 3.63) is 29.3 Å². The Kier molecular flexibility index (Phi) is 8.07. The first-order chi connectivity index (χ1) is 9.67. The van der Waals surface area contributed by atoms with Crippen molar-refractivity contribution in [2.75, 3.05) is 19.8 Å². The molecule has 1 atom stereocenters. The molecule has 4 nitrogen and oxygen atoms in total. The molecule has 0 aromatic heterocycles. The number of amides is 1. The zero-order chi connectivity index (χ0) is 14.8. The van der Waals surface area contributed by atoms with E-state index in [0.29, 0.717) is 37.0 Å². The van der Waals surface area contributed by atoms with Gasteiger partial charge in [0.15, 0.2) is 6.10 Å². The molecule has 0 fully saturated rings. The Morgan fingerprint density at radius 2 is 2.00 bits per heavy atom. The fourth-order valence-electron chi connectivity index (χ4n) is 1.64. The molecule has 1 aromatic rings. The van der Waals surface area contributed by atoms with Gasteiger partial charge in [-0.05, 0) is 44.0 Å². The van der Waals surface area contributed by atoms with Gasteiger partial charge in [-0.3, -0.25) is 4.79 Å². The van der Waals surface area contributed by atoms with E-state index < -0.39 is 6.10 Å². The fourth-order valence-corrected chi connectivity index (χ4v) is 1.77. The zero-order valence-electron chi connectivity index (χ0n) is 12.0. The fraction of sp³-hybridized carbons (Fsp3) is 0.533. The number of ether oxygens (including phenoxy) is 2. The number of carbonyl (C=O) groups is 1. The van der Waals surface area contributed by atoms with Gasteiger partial charge >= 0.3 is 0 Å². The molecule has 0 saturated carbocycles. The molecule has 1 N–H and O–H groups in total. The van der Waals surface area contributed by atoms with Crippen molar-refractivity contribution in [3.8, 4) is 5.75 Å². The number of nitrogens with one attached hydrogen (secondary N) is 1. The van der Waals surface area contributed by atoms with Gasteiger partial charge in [-0.2, -0.15) is 0 Å². The molecule has 0 heterocycles. The van der Waals surface area contributed by atoms with Crippen LogP contribution in [0.3, 0.4) is 0 Å². The molecule has 0 aliphatic carbocycles. The van der Waals surface area contributed by atoms with Gasteiger partial charge in [-0.15, -0.1) is 0 Å². The quantitative estimate of drug-likeness (QED) is 0.713. The summed E-state index contributed by atoms with van der Waals surface area (Å²) in [7, 11) is 0. The van der Waals surface area contributed by atoms with Gasteiger partial charge in [-0.1, -0.05) is 18.5 Å². The molecule has 0 spiro atoms. The molecule has 0 aliphatic rings. The molecular weight excluding hydrogens is 278 g/mol. The topological polar surface area (TPSA) is 47.6 Å². The summed E-state index contributed by atoms with van der Waals surface area (Å²) < 4.78 is 10.9. The minimum Gasteiger partial charge on any atom is -0.481 e. The van der Waals surface area contributed by atoms with Crippen molar-refractivity contribution in [3.63, 3.8) is 0 Å². The van der Waals surface area contributed by atoms with E-state index in [1.165, 1.54) is 0 Å². The number of halogens is 1. The highest BCUT2D eigenvalue weighted by Gasteiger charge is 2.17. The maximum atomic E-state index is 12.0. The normalized spacial score (nSPS) is 11.9. The third kappa shape index (κ3) is 6.26. The molecular formula is C15H22ClNO3. The largest absolute Gasteiger partial charge is 0.481 e. The van der Waals surface area contributed by atoms with Crippen molar-refractivity contribution in [1.82, 2.24) is 5.32 Å². The van der Waals surface area contributed by atoms with E-state index in [4.69, 9.17) is 21.1 Å². The molecule has 0 bridgehead atoms. The van der Waals surface area contributed by atoms with Crippen molar-refractivity contribution in [1.29, 1.82) is 0 Å². The van der Waals surface area contributed by atoms with E-state index in [2.05, 4.69) is 5.32 Å². The van der Waals surface area contributed by atoms with E-state index in [9.17, 15) is 4.79 Å². The van der Waals surface area contributed by atoms with Crippen LogP contribution in [-0.2, 0) is 9.53 Å². The minimum atomic E-state index is -0.483. The molecule has 1 aromatic carbocycles. The molecule has 0 aliphatic heterocycles. The lowest BCUT2D eigenvalue weighted by Gasteiger charge is -2.17. The van der Waals surface area contributed by atoms with Crippen molar-refractivity contribution < 1.29 is 14.3 Å². The van der Waals surface area contributed by atoms with Crippen LogP contribution < -0.4 is 10.1 Å². The van der Waals surface area contributed by atoms with Crippen LogP contribution in [0.25, 0.3) is 0 Å². The highest BCUT2D eigenvalue weighted by molar-refractivity contribution is 6.30. The monoisotopic (exact) mass is 299 g/mol. The van der Waals surface area contributed by atoms with E-state index in [-0.39, 0.29) is 5.91 Å². The highest BCUT2D eigenvalue weighted by Crippen LogP contribution is 2.17. The maximum absolute atomic E-state index is 12.0. The standard InChI is InChI=1S/C15H22ClNO3/c1-3-14(15(18)17-10-5-11-19-4-2)20-13-8-6-12(16)7-9-13/h6-9,14H,3-5,10-11H2,1-2H3,(H,17,18)/t14-/m0/s1. The number of carbonyl (C=O) groups excluding carboxylic acids is 1. The zero-order valence-corrected chi connectivity index (χ0v) is 12.8. The van der Waals surface area contributed by atoms with Crippen molar-refractivity contribution >= 4 is 17.5 Å². The third-order valence-corrected chi connectivity index (χ3v) is 2.98. The maximum Gasteiger partial charge on any atom is 0.261 e. The first kappa shape index (κ1) is 16.8. The minimum absolute atomic E-state index is 0.0982. The van der Waals surface area contributed by atoms with Crippen LogP contribution in [0.4, 0.5) is 0 Å². The molecule has 5 heteroatoms. The van der Waals surface area contributed by atoms with Crippen LogP contribution in [-0.4, -0.2) is 31.8 Å². The van der Waals surface area contributed by atoms with E-state index in [0.717, 1.165) is 6.42 Å². The number of benzene rings is 1. The highest BCUT2D eigenvalue weighted by atomic mass is 35.5. The predicted molar refractivity (Wildman–Crippen MR) is 80.3 cm³/mol. The predicted octanol–water partition coefficient (Wildman–Crippen LogP) is 3.04. The summed E-state index contributed by atoms with van der Waals surface area (Å²) in [5, 5.41) is 3.50. The Hall–Kier alpha value is -1.26. The van der Waals surface area contributed by atoms with Crippen LogP contribution in [0.5, 0.6) is 5.75 Å². The number of rotatable bonds is 9. The van der Waals surface area contributed by atoms with E-state index in [1.807, 2.05) is 13.8 Å². The summed E-state index contributed by atoms with van der Waals surface area (Å²) in [5.74, 6) is 0.546. The van der Waals surface area contributed by atoms with Crippen molar-refractivity contribution in [2.24, 2.45) is 0 Å². The van der Waals surface area contributed by atoms with Crippen LogP contribution >= 0.6 is 11.6 Å². The SMILES string of the molecule is CCOCCCNC(=O)[C@H](CC)Oc1ccc(Cl)cc1. The van der Waals surface area contributed by atoms with E-state index in [1.54, 1.807) is 24.3 Å². The van der Waals surface area contributed by atoms with Gasteiger partial charge in [0, 0.05) is 24.8 Å². The lowest BCUT2D eigenvalue weighted by atomic mass is 10.2. The molecule has 0 unspecified atom stereocenters. The van der Waals surface area contributed by atoms with Crippen LogP contribution in [0.2, 0.25) is 5.02 Å². The molecule has 0 radical (unpaired) electrons.